The second-order valence-corrected chi connectivity index (χ2v) is 10.3. The van der Waals surface area contributed by atoms with Crippen molar-refractivity contribution in [3.05, 3.63) is 0 Å². The molecule has 25 heavy (non-hydrogen) atoms. The fourth-order valence-electron chi connectivity index (χ4n) is 8.09. The van der Waals surface area contributed by atoms with E-state index in [0.717, 1.165) is 38.5 Å². The van der Waals surface area contributed by atoms with Gasteiger partial charge in [0.05, 0.1) is 23.9 Å². The van der Waals surface area contributed by atoms with Crippen LogP contribution in [0.15, 0.2) is 0 Å². The lowest BCUT2D eigenvalue weighted by Crippen LogP contribution is -2.63. The van der Waals surface area contributed by atoms with Crippen molar-refractivity contribution in [2.24, 2.45) is 34.5 Å². The van der Waals surface area contributed by atoms with E-state index in [1.54, 1.807) is 6.92 Å². The van der Waals surface area contributed by atoms with E-state index in [-0.39, 0.29) is 17.4 Å². The summed E-state index contributed by atoms with van der Waals surface area (Å²) in [7, 11) is 0. The van der Waals surface area contributed by atoms with E-state index < -0.39 is 23.2 Å². The predicted molar refractivity (Wildman–Crippen MR) is 95.8 cm³/mol. The van der Waals surface area contributed by atoms with Crippen molar-refractivity contribution in [3.63, 3.8) is 0 Å². The molecule has 0 aromatic carbocycles. The molecule has 0 radical (unpaired) electrons. The SMILES string of the molecule is C[C@H](O)[C@@]1(O)CC[C@H]2[C@@H]3CC[C@H]4C[C@@H](O)CC[C@]4(C)[C@H]3[C@@H](O)C[C@@]21C. The lowest BCUT2D eigenvalue weighted by molar-refractivity contribution is -0.218. The van der Waals surface area contributed by atoms with Gasteiger partial charge in [0.25, 0.3) is 0 Å². The smallest absolute Gasteiger partial charge is 0.0959 e. The Morgan fingerprint density at radius 2 is 1.72 bits per heavy atom. The minimum atomic E-state index is -1.08. The number of hydrogen-bond acceptors (Lipinski definition) is 4. The number of fused-ring (bicyclic) bond motifs is 5. The van der Waals surface area contributed by atoms with Gasteiger partial charge in [0.2, 0.25) is 0 Å². The van der Waals surface area contributed by atoms with E-state index in [0.29, 0.717) is 30.6 Å². The van der Waals surface area contributed by atoms with Gasteiger partial charge < -0.3 is 20.4 Å². The molecule has 0 amide bonds. The van der Waals surface area contributed by atoms with Crippen LogP contribution in [0, 0.1) is 34.5 Å². The first-order valence-electron chi connectivity index (χ1n) is 10.4. The number of rotatable bonds is 1. The summed E-state index contributed by atoms with van der Waals surface area (Å²) in [6.45, 7) is 6.16. The molecule has 0 spiro atoms. The van der Waals surface area contributed by atoms with Gasteiger partial charge in [0, 0.05) is 5.41 Å². The molecule has 0 aliphatic heterocycles. The van der Waals surface area contributed by atoms with Crippen LogP contribution in [-0.4, -0.2) is 44.3 Å². The van der Waals surface area contributed by atoms with Crippen LogP contribution in [0.5, 0.6) is 0 Å². The zero-order valence-corrected chi connectivity index (χ0v) is 16.0. The fraction of sp³-hybridized carbons (Fsp3) is 1.00. The largest absolute Gasteiger partial charge is 0.393 e. The molecule has 144 valence electrons. The number of hydrogen-bond donors (Lipinski definition) is 4. The molecule has 4 aliphatic rings. The fourth-order valence-corrected chi connectivity index (χ4v) is 8.09. The maximum absolute atomic E-state index is 11.3. The quantitative estimate of drug-likeness (QED) is 0.584. The molecular formula is C21H36O4. The standard InChI is InChI=1S/C21H36O4/c1-12(22)21(25)9-7-16-15-5-4-13-10-14(23)6-8-19(13,2)18(15)17(24)11-20(16,21)3/h12-18,22-25H,4-11H2,1-3H3/t12-,13-,14-,15-,16-,17-,18+,19-,20-,21-/m0/s1. The van der Waals surface area contributed by atoms with Crippen molar-refractivity contribution >= 4 is 0 Å². The summed E-state index contributed by atoms with van der Waals surface area (Å²) in [5.74, 6) is 1.59. The van der Waals surface area contributed by atoms with Gasteiger partial charge in [-0.1, -0.05) is 13.8 Å². The highest BCUT2D eigenvalue weighted by Gasteiger charge is 2.67. The molecule has 4 saturated carbocycles. The number of aliphatic hydroxyl groups is 4. The summed E-state index contributed by atoms with van der Waals surface area (Å²) in [6.07, 6.45) is 5.77. The third kappa shape index (κ3) is 2.27. The minimum absolute atomic E-state index is 0.106. The number of aliphatic hydroxyl groups excluding tert-OH is 3. The van der Waals surface area contributed by atoms with Gasteiger partial charge in [0.1, 0.15) is 0 Å². The zero-order valence-electron chi connectivity index (χ0n) is 16.0. The molecule has 10 atom stereocenters. The van der Waals surface area contributed by atoms with Gasteiger partial charge in [0.15, 0.2) is 0 Å². The van der Waals surface area contributed by atoms with E-state index in [4.69, 9.17) is 0 Å². The van der Waals surface area contributed by atoms with Crippen LogP contribution in [0.4, 0.5) is 0 Å². The van der Waals surface area contributed by atoms with Crippen LogP contribution in [0.25, 0.3) is 0 Å². The molecular weight excluding hydrogens is 316 g/mol. The highest BCUT2D eigenvalue weighted by molar-refractivity contribution is 5.17. The summed E-state index contributed by atoms with van der Waals surface area (Å²) >= 11 is 0. The summed E-state index contributed by atoms with van der Waals surface area (Å²) in [5.41, 5.74) is -1.38. The molecule has 4 heteroatoms. The summed E-state index contributed by atoms with van der Waals surface area (Å²) in [6, 6.07) is 0. The van der Waals surface area contributed by atoms with Crippen molar-refractivity contribution in [1.82, 2.24) is 0 Å². The van der Waals surface area contributed by atoms with Crippen LogP contribution in [0.3, 0.4) is 0 Å². The molecule has 4 fully saturated rings. The second kappa shape index (κ2) is 5.67. The summed E-state index contributed by atoms with van der Waals surface area (Å²) in [4.78, 5) is 0. The van der Waals surface area contributed by atoms with Crippen LogP contribution >= 0.6 is 0 Å². The molecule has 4 aliphatic carbocycles. The van der Waals surface area contributed by atoms with Gasteiger partial charge in [-0.3, -0.25) is 0 Å². The lowest BCUT2D eigenvalue weighted by Gasteiger charge is -2.63. The summed E-state index contributed by atoms with van der Waals surface area (Å²) in [5, 5.41) is 42.9. The Hall–Kier alpha value is -0.160. The van der Waals surface area contributed by atoms with E-state index in [2.05, 4.69) is 13.8 Å². The molecule has 0 bridgehead atoms. The van der Waals surface area contributed by atoms with Gasteiger partial charge in [-0.25, -0.2) is 0 Å². The maximum atomic E-state index is 11.3. The summed E-state index contributed by atoms with van der Waals surface area (Å²) < 4.78 is 0. The van der Waals surface area contributed by atoms with Crippen molar-refractivity contribution in [1.29, 1.82) is 0 Å². The van der Waals surface area contributed by atoms with Gasteiger partial charge >= 0.3 is 0 Å². The monoisotopic (exact) mass is 352 g/mol. The minimum Gasteiger partial charge on any atom is -0.393 e. The highest BCUT2D eigenvalue weighted by Crippen LogP contribution is 2.68. The van der Waals surface area contributed by atoms with Crippen LogP contribution < -0.4 is 0 Å². The van der Waals surface area contributed by atoms with E-state index in [1.165, 1.54) is 0 Å². The molecule has 0 aromatic rings. The zero-order chi connectivity index (χ0) is 18.2. The molecule has 0 heterocycles. The highest BCUT2D eigenvalue weighted by atomic mass is 16.3. The molecule has 0 aromatic heterocycles. The topological polar surface area (TPSA) is 80.9 Å². The van der Waals surface area contributed by atoms with Crippen molar-refractivity contribution in [3.8, 4) is 0 Å². The van der Waals surface area contributed by atoms with Gasteiger partial charge in [-0.2, -0.15) is 0 Å². The van der Waals surface area contributed by atoms with E-state index in [9.17, 15) is 20.4 Å². The molecule has 4 N–H and O–H groups in total. The van der Waals surface area contributed by atoms with Crippen LogP contribution in [-0.2, 0) is 0 Å². The van der Waals surface area contributed by atoms with Crippen LogP contribution in [0.2, 0.25) is 0 Å². The van der Waals surface area contributed by atoms with Crippen molar-refractivity contribution in [2.45, 2.75) is 96.1 Å². The van der Waals surface area contributed by atoms with E-state index >= 15 is 0 Å². The van der Waals surface area contributed by atoms with Crippen LogP contribution in [0.1, 0.15) is 72.1 Å². The molecule has 4 rings (SSSR count). The van der Waals surface area contributed by atoms with E-state index in [1.807, 2.05) is 0 Å². The lowest BCUT2D eigenvalue weighted by atomic mass is 9.43. The first-order chi connectivity index (χ1) is 11.6. The Kier molecular flexibility index (Phi) is 4.13. The Morgan fingerprint density at radius 3 is 2.40 bits per heavy atom. The van der Waals surface area contributed by atoms with Crippen molar-refractivity contribution < 1.29 is 20.4 Å². The Bertz CT molecular complexity index is 536. The Morgan fingerprint density at radius 1 is 1.00 bits per heavy atom. The normalized spacial score (nSPS) is 59.6. The Labute approximate surface area is 151 Å². The molecule has 0 saturated heterocycles. The molecule has 0 unspecified atom stereocenters. The third-order valence-electron chi connectivity index (χ3n) is 9.48. The maximum Gasteiger partial charge on any atom is 0.0959 e. The average Bonchev–Trinajstić information content (AvgIpc) is 2.80. The second-order valence-electron chi connectivity index (χ2n) is 10.3. The Balaban J connectivity index is 1.69. The predicted octanol–water partition coefficient (Wildman–Crippen LogP) is 2.47. The molecule has 4 nitrogen and oxygen atoms in total. The third-order valence-corrected chi connectivity index (χ3v) is 9.48. The first-order valence-corrected chi connectivity index (χ1v) is 10.4. The van der Waals surface area contributed by atoms with Gasteiger partial charge in [-0.15, -0.1) is 0 Å². The average molecular weight is 353 g/mol. The van der Waals surface area contributed by atoms with Gasteiger partial charge in [-0.05, 0) is 87.4 Å². The first kappa shape index (κ1) is 18.2. The van der Waals surface area contributed by atoms with Crippen molar-refractivity contribution in [2.75, 3.05) is 0 Å².